The fourth-order valence-electron chi connectivity index (χ4n) is 4.40. The van der Waals surface area contributed by atoms with Crippen LogP contribution in [0.15, 0.2) is 24.3 Å². The van der Waals surface area contributed by atoms with Crippen LogP contribution in [-0.2, 0) is 32.1 Å². The second-order valence-corrected chi connectivity index (χ2v) is 9.20. The Morgan fingerprint density at radius 3 is 2.43 bits per heavy atom. The summed E-state index contributed by atoms with van der Waals surface area (Å²) in [5.74, 6) is -2.99. The number of nitrogens with two attached hydrogens (primary N) is 1. The number of amides is 2. The van der Waals surface area contributed by atoms with Crippen LogP contribution in [0.3, 0.4) is 0 Å². The van der Waals surface area contributed by atoms with Gasteiger partial charge >= 0.3 is 23.9 Å². The van der Waals surface area contributed by atoms with Gasteiger partial charge in [0.2, 0.25) is 0 Å². The third-order valence-corrected chi connectivity index (χ3v) is 6.60. The highest BCUT2D eigenvalue weighted by atomic mass is 16.5. The Hall–Kier alpha value is -3.18. The monoisotopic (exact) mass is 520 g/mol. The van der Waals surface area contributed by atoms with Crippen molar-refractivity contribution in [1.82, 2.24) is 15.1 Å². The largest absolute Gasteiger partial charge is 0.480 e. The number of carboxylic acid groups (broad SMARTS) is 2. The quantitative estimate of drug-likeness (QED) is 0.200. The average Bonchev–Trinajstić information content (AvgIpc) is 2.87. The summed E-state index contributed by atoms with van der Waals surface area (Å²) in [6.07, 6.45) is 2.73. The number of rotatable bonds is 15. The van der Waals surface area contributed by atoms with Crippen molar-refractivity contribution in [2.45, 2.75) is 77.0 Å². The SMILES string of the molecule is CCCCOC(=O)CCN(CC)C(=O)N1Cc2ccccc2C[C@@]1(N[C@@H](CCCCN)C(=O)O)C(=O)O. The summed E-state index contributed by atoms with van der Waals surface area (Å²) < 4.78 is 5.18. The number of nitrogens with zero attached hydrogens (tertiary/aromatic N) is 2. The summed E-state index contributed by atoms with van der Waals surface area (Å²) >= 11 is 0. The van der Waals surface area contributed by atoms with Gasteiger partial charge < -0.3 is 25.6 Å². The molecule has 206 valence electrons. The summed E-state index contributed by atoms with van der Waals surface area (Å²) in [5.41, 5.74) is 5.04. The van der Waals surface area contributed by atoms with E-state index in [0.29, 0.717) is 26.0 Å². The van der Waals surface area contributed by atoms with E-state index in [-0.39, 0.29) is 38.9 Å². The maximum absolute atomic E-state index is 13.8. The number of ether oxygens (including phenoxy) is 1. The van der Waals surface area contributed by atoms with E-state index in [4.69, 9.17) is 10.5 Å². The molecule has 0 saturated carbocycles. The molecule has 0 unspecified atom stereocenters. The van der Waals surface area contributed by atoms with Crippen molar-refractivity contribution in [2.75, 3.05) is 26.2 Å². The molecule has 0 saturated heterocycles. The number of hydrogen-bond donors (Lipinski definition) is 4. The summed E-state index contributed by atoms with van der Waals surface area (Å²) in [6, 6.07) is 5.38. The summed E-state index contributed by atoms with van der Waals surface area (Å²) in [7, 11) is 0. The summed E-state index contributed by atoms with van der Waals surface area (Å²) in [6.45, 7) is 4.67. The van der Waals surface area contributed by atoms with Crippen molar-refractivity contribution in [3.05, 3.63) is 35.4 Å². The van der Waals surface area contributed by atoms with E-state index in [0.717, 1.165) is 24.0 Å². The molecule has 0 aromatic heterocycles. The number of fused-ring (bicyclic) bond motifs is 1. The van der Waals surface area contributed by atoms with Gasteiger partial charge in [0.15, 0.2) is 5.66 Å². The van der Waals surface area contributed by atoms with Crippen LogP contribution in [0.25, 0.3) is 0 Å². The lowest BCUT2D eigenvalue weighted by atomic mass is 9.88. The molecule has 5 N–H and O–H groups in total. The van der Waals surface area contributed by atoms with E-state index >= 15 is 0 Å². The van der Waals surface area contributed by atoms with Crippen molar-refractivity contribution in [2.24, 2.45) is 5.73 Å². The maximum atomic E-state index is 13.8. The number of esters is 1. The fourth-order valence-corrected chi connectivity index (χ4v) is 4.40. The predicted octanol–water partition coefficient (Wildman–Crippen LogP) is 2.17. The first-order valence-corrected chi connectivity index (χ1v) is 12.9. The van der Waals surface area contributed by atoms with Gasteiger partial charge in [-0.05, 0) is 43.9 Å². The van der Waals surface area contributed by atoms with Crippen LogP contribution in [0.1, 0.15) is 63.5 Å². The van der Waals surface area contributed by atoms with Crippen LogP contribution in [0.2, 0.25) is 0 Å². The number of carboxylic acids is 2. The topological polar surface area (TPSA) is 162 Å². The van der Waals surface area contributed by atoms with Crippen molar-refractivity contribution in [3.63, 3.8) is 0 Å². The first-order valence-electron chi connectivity index (χ1n) is 12.9. The standard InChI is InChI=1S/C26H40N4O7/c1-3-5-16-37-22(31)13-15-29(4-2)25(36)30-18-20-11-7-6-10-19(20)17-26(30,24(34)35)28-21(23(32)33)12-8-9-14-27/h6-7,10-11,21,28H,3-5,8-9,12-18,27H2,1-2H3,(H,32,33)(H,34,35)/t21-,26-/m0/s1. The molecule has 1 aliphatic rings. The number of hydrogen-bond acceptors (Lipinski definition) is 7. The molecule has 2 rings (SSSR count). The van der Waals surface area contributed by atoms with E-state index in [1.165, 1.54) is 9.80 Å². The van der Waals surface area contributed by atoms with Gasteiger partial charge in [-0.15, -0.1) is 0 Å². The number of carbonyl (C=O) groups is 4. The molecular weight excluding hydrogens is 480 g/mol. The van der Waals surface area contributed by atoms with E-state index in [9.17, 15) is 29.4 Å². The molecule has 11 nitrogen and oxygen atoms in total. The zero-order chi connectivity index (χ0) is 27.4. The van der Waals surface area contributed by atoms with Crippen molar-refractivity contribution < 1.29 is 34.1 Å². The zero-order valence-electron chi connectivity index (χ0n) is 21.8. The Labute approximate surface area is 217 Å². The van der Waals surface area contributed by atoms with Crippen LogP contribution in [0, 0.1) is 0 Å². The Morgan fingerprint density at radius 2 is 1.84 bits per heavy atom. The smallest absolute Gasteiger partial charge is 0.345 e. The van der Waals surface area contributed by atoms with Gasteiger partial charge in [-0.25, -0.2) is 9.59 Å². The van der Waals surface area contributed by atoms with Gasteiger partial charge in [-0.2, -0.15) is 0 Å². The third kappa shape index (κ3) is 7.90. The highest BCUT2D eigenvalue weighted by Crippen LogP contribution is 2.32. The van der Waals surface area contributed by atoms with Crippen LogP contribution in [0.4, 0.5) is 4.79 Å². The Bertz CT molecular complexity index is 941. The lowest BCUT2D eigenvalue weighted by Gasteiger charge is -2.47. The van der Waals surface area contributed by atoms with Gasteiger partial charge in [-0.3, -0.25) is 19.8 Å². The minimum absolute atomic E-state index is 0.0269. The first kappa shape index (κ1) is 30.0. The van der Waals surface area contributed by atoms with Crippen LogP contribution < -0.4 is 11.1 Å². The highest BCUT2D eigenvalue weighted by Gasteiger charge is 2.52. The molecule has 1 aliphatic heterocycles. The molecule has 0 aliphatic carbocycles. The average molecular weight is 521 g/mol. The number of aliphatic carboxylic acids is 2. The zero-order valence-corrected chi connectivity index (χ0v) is 21.8. The molecule has 2 atom stereocenters. The Morgan fingerprint density at radius 1 is 1.14 bits per heavy atom. The Balaban J connectivity index is 2.37. The molecule has 0 fully saturated rings. The fraction of sp³-hybridized carbons (Fsp3) is 0.615. The van der Waals surface area contributed by atoms with Gasteiger partial charge in [-0.1, -0.05) is 44.0 Å². The van der Waals surface area contributed by atoms with E-state index in [1.54, 1.807) is 25.1 Å². The van der Waals surface area contributed by atoms with E-state index in [2.05, 4.69) is 5.32 Å². The molecule has 0 spiro atoms. The number of nitrogens with one attached hydrogen (secondary N) is 1. The van der Waals surface area contributed by atoms with Gasteiger partial charge in [0.25, 0.3) is 0 Å². The molecule has 1 heterocycles. The van der Waals surface area contributed by atoms with Gasteiger partial charge in [0.1, 0.15) is 6.04 Å². The van der Waals surface area contributed by atoms with Crippen LogP contribution >= 0.6 is 0 Å². The lowest BCUT2D eigenvalue weighted by Crippen LogP contribution is -2.72. The molecule has 11 heteroatoms. The highest BCUT2D eigenvalue weighted by molar-refractivity contribution is 5.88. The van der Waals surface area contributed by atoms with Crippen LogP contribution in [-0.4, -0.2) is 81.9 Å². The third-order valence-electron chi connectivity index (χ3n) is 6.60. The maximum Gasteiger partial charge on any atom is 0.345 e. The number of unbranched alkanes of at least 4 members (excludes halogenated alkanes) is 2. The van der Waals surface area contributed by atoms with Crippen LogP contribution in [0.5, 0.6) is 0 Å². The van der Waals surface area contributed by atoms with E-state index < -0.39 is 35.6 Å². The number of urea groups is 1. The minimum atomic E-state index is -1.99. The molecule has 37 heavy (non-hydrogen) atoms. The molecular formula is C26H40N4O7. The number of carbonyl (C=O) groups excluding carboxylic acids is 2. The molecule has 0 radical (unpaired) electrons. The lowest BCUT2D eigenvalue weighted by molar-refractivity contribution is -0.157. The first-order chi connectivity index (χ1) is 17.7. The number of benzene rings is 1. The second kappa shape index (κ2) is 14.5. The normalized spacial score (nSPS) is 17.5. The molecule has 1 aromatic rings. The van der Waals surface area contributed by atoms with Gasteiger partial charge in [0.05, 0.1) is 19.6 Å². The second-order valence-electron chi connectivity index (χ2n) is 9.20. The molecule has 2 amide bonds. The van der Waals surface area contributed by atoms with Crippen molar-refractivity contribution >= 4 is 23.9 Å². The van der Waals surface area contributed by atoms with E-state index in [1.807, 2.05) is 13.0 Å². The Kier molecular flexibility index (Phi) is 11.8. The minimum Gasteiger partial charge on any atom is -0.480 e. The molecule has 0 bridgehead atoms. The predicted molar refractivity (Wildman–Crippen MR) is 137 cm³/mol. The van der Waals surface area contributed by atoms with Gasteiger partial charge in [0, 0.05) is 19.5 Å². The molecule has 1 aromatic carbocycles. The summed E-state index contributed by atoms with van der Waals surface area (Å²) in [4.78, 5) is 53.4. The van der Waals surface area contributed by atoms with Crippen molar-refractivity contribution in [3.8, 4) is 0 Å². The van der Waals surface area contributed by atoms with Crippen molar-refractivity contribution in [1.29, 1.82) is 0 Å². The summed E-state index contributed by atoms with van der Waals surface area (Å²) in [5, 5.41) is 23.1.